The van der Waals surface area contributed by atoms with Crippen molar-refractivity contribution in [3.05, 3.63) is 65.7 Å². The molecule has 1 atom stereocenters. The molecule has 3 nitrogen and oxygen atoms in total. The predicted octanol–water partition coefficient (Wildman–Crippen LogP) is 4.34. The van der Waals surface area contributed by atoms with Gasteiger partial charge in [0.25, 0.3) is 0 Å². The highest BCUT2D eigenvalue weighted by molar-refractivity contribution is 5.28. The van der Waals surface area contributed by atoms with Gasteiger partial charge in [0.2, 0.25) is 0 Å². The minimum Gasteiger partial charge on any atom is -0.491 e. The molecule has 3 heteroatoms. The van der Waals surface area contributed by atoms with Crippen molar-refractivity contribution in [2.75, 3.05) is 19.8 Å². The van der Waals surface area contributed by atoms with Gasteiger partial charge in [0.1, 0.15) is 12.4 Å². The molecule has 0 spiro atoms. The Bertz CT molecular complexity index is 557. The average molecular weight is 313 g/mol. The fourth-order valence-electron chi connectivity index (χ4n) is 2.53. The van der Waals surface area contributed by atoms with E-state index in [9.17, 15) is 0 Å². The number of benzene rings is 2. The van der Waals surface area contributed by atoms with Crippen LogP contribution in [0.15, 0.2) is 54.6 Å². The Morgan fingerprint density at radius 1 is 0.957 bits per heavy atom. The summed E-state index contributed by atoms with van der Waals surface area (Å²) in [6.45, 7) is 6.97. The molecule has 2 aromatic rings. The standard InChI is InChI=1S/C20H27NO2/c1-3-20(18-10-6-5-7-11-18)21-16-17-9-8-12-19(15-17)23-14-13-22-4-2/h5-12,15,20-21H,3-4,13-14,16H2,1-2H3. The van der Waals surface area contributed by atoms with Crippen LogP contribution < -0.4 is 10.1 Å². The SMILES string of the molecule is CCOCCOc1cccc(CNC(CC)c2ccccc2)c1. The van der Waals surface area contributed by atoms with Crippen molar-refractivity contribution in [3.63, 3.8) is 0 Å². The maximum Gasteiger partial charge on any atom is 0.119 e. The molecule has 0 aliphatic rings. The van der Waals surface area contributed by atoms with Crippen LogP contribution in [0.2, 0.25) is 0 Å². The molecular formula is C20H27NO2. The lowest BCUT2D eigenvalue weighted by Gasteiger charge is -2.18. The van der Waals surface area contributed by atoms with Crippen LogP contribution >= 0.6 is 0 Å². The molecule has 0 aliphatic heterocycles. The highest BCUT2D eigenvalue weighted by Gasteiger charge is 2.08. The summed E-state index contributed by atoms with van der Waals surface area (Å²) in [6.07, 6.45) is 1.06. The van der Waals surface area contributed by atoms with Crippen LogP contribution in [-0.2, 0) is 11.3 Å². The Hall–Kier alpha value is -1.84. The zero-order valence-electron chi connectivity index (χ0n) is 14.1. The molecular weight excluding hydrogens is 286 g/mol. The van der Waals surface area contributed by atoms with E-state index in [1.54, 1.807) is 0 Å². The average Bonchev–Trinajstić information content (AvgIpc) is 2.61. The molecule has 0 fully saturated rings. The van der Waals surface area contributed by atoms with E-state index in [1.165, 1.54) is 11.1 Å². The van der Waals surface area contributed by atoms with Gasteiger partial charge in [0.15, 0.2) is 0 Å². The smallest absolute Gasteiger partial charge is 0.119 e. The number of nitrogens with one attached hydrogen (secondary N) is 1. The van der Waals surface area contributed by atoms with Crippen molar-refractivity contribution in [1.82, 2.24) is 5.32 Å². The second kappa shape index (κ2) is 10.0. The zero-order valence-corrected chi connectivity index (χ0v) is 14.1. The van der Waals surface area contributed by atoms with Gasteiger partial charge in [-0.15, -0.1) is 0 Å². The van der Waals surface area contributed by atoms with Gasteiger partial charge in [-0.05, 0) is 36.6 Å². The summed E-state index contributed by atoms with van der Waals surface area (Å²) in [6, 6.07) is 19.2. The second-order valence-corrected chi connectivity index (χ2v) is 5.45. The molecule has 0 radical (unpaired) electrons. The van der Waals surface area contributed by atoms with E-state index in [2.05, 4.69) is 54.7 Å². The lowest BCUT2D eigenvalue weighted by Crippen LogP contribution is -2.20. The van der Waals surface area contributed by atoms with E-state index in [4.69, 9.17) is 9.47 Å². The van der Waals surface area contributed by atoms with E-state index in [-0.39, 0.29) is 0 Å². The topological polar surface area (TPSA) is 30.5 Å². The maximum atomic E-state index is 5.71. The van der Waals surface area contributed by atoms with Crippen LogP contribution in [0.1, 0.15) is 37.4 Å². The first-order chi connectivity index (χ1) is 11.3. The number of ether oxygens (including phenoxy) is 2. The molecule has 23 heavy (non-hydrogen) atoms. The van der Waals surface area contributed by atoms with E-state index >= 15 is 0 Å². The molecule has 0 aliphatic carbocycles. The molecule has 2 aromatic carbocycles. The molecule has 2 rings (SSSR count). The van der Waals surface area contributed by atoms with Crippen molar-refractivity contribution in [2.45, 2.75) is 32.9 Å². The largest absolute Gasteiger partial charge is 0.491 e. The molecule has 0 saturated carbocycles. The summed E-state index contributed by atoms with van der Waals surface area (Å²) in [4.78, 5) is 0. The third-order valence-electron chi connectivity index (χ3n) is 3.76. The molecule has 0 aromatic heterocycles. The highest BCUT2D eigenvalue weighted by atomic mass is 16.5. The normalized spacial score (nSPS) is 12.1. The minimum absolute atomic E-state index is 0.374. The Morgan fingerprint density at radius 2 is 1.78 bits per heavy atom. The Labute approximate surface area is 139 Å². The number of hydrogen-bond donors (Lipinski definition) is 1. The fourth-order valence-corrected chi connectivity index (χ4v) is 2.53. The minimum atomic E-state index is 0.374. The van der Waals surface area contributed by atoms with Gasteiger partial charge in [-0.2, -0.15) is 0 Å². The van der Waals surface area contributed by atoms with Crippen LogP contribution in [-0.4, -0.2) is 19.8 Å². The van der Waals surface area contributed by atoms with Gasteiger partial charge in [-0.3, -0.25) is 0 Å². The van der Waals surface area contributed by atoms with E-state index in [0.717, 1.165) is 25.3 Å². The van der Waals surface area contributed by atoms with Crippen molar-refractivity contribution in [1.29, 1.82) is 0 Å². The Kier molecular flexibility index (Phi) is 7.64. The fraction of sp³-hybridized carbons (Fsp3) is 0.400. The number of rotatable bonds is 10. The van der Waals surface area contributed by atoms with Gasteiger partial charge in [0, 0.05) is 19.2 Å². The molecule has 0 saturated heterocycles. The first-order valence-corrected chi connectivity index (χ1v) is 8.41. The summed E-state index contributed by atoms with van der Waals surface area (Å²) in [5, 5.41) is 3.63. The van der Waals surface area contributed by atoms with Crippen LogP contribution in [0, 0.1) is 0 Å². The van der Waals surface area contributed by atoms with E-state index in [0.29, 0.717) is 19.3 Å². The van der Waals surface area contributed by atoms with Crippen LogP contribution in [0.3, 0.4) is 0 Å². The lowest BCUT2D eigenvalue weighted by molar-refractivity contribution is 0.110. The van der Waals surface area contributed by atoms with Crippen molar-refractivity contribution in [2.24, 2.45) is 0 Å². The monoisotopic (exact) mass is 313 g/mol. The maximum absolute atomic E-state index is 5.71. The second-order valence-electron chi connectivity index (χ2n) is 5.45. The molecule has 0 bridgehead atoms. The summed E-state index contributed by atoms with van der Waals surface area (Å²) < 4.78 is 11.0. The zero-order chi connectivity index (χ0) is 16.3. The van der Waals surface area contributed by atoms with Gasteiger partial charge in [0.05, 0.1) is 6.61 Å². The van der Waals surface area contributed by atoms with Crippen LogP contribution in [0.25, 0.3) is 0 Å². The van der Waals surface area contributed by atoms with Crippen LogP contribution in [0.4, 0.5) is 0 Å². The summed E-state index contributed by atoms with van der Waals surface area (Å²) in [5.74, 6) is 0.900. The predicted molar refractivity (Wildman–Crippen MR) is 94.7 cm³/mol. The van der Waals surface area contributed by atoms with Crippen molar-refractivity contribution in [3.8, 4) is 5.75 Å². The molecule has 1 N–H and O–H groups in total. The van der Waals surface area contributed by atoms with Crippen molar-refractivity contribution < 1.29 is 9.47 Å². The lowest BCUT2D eigenvalue weighted by atomic mass is 10.0. The molecule has 0 amide bonds. The van der Waals surface area contributed by atoms with Crippen molar-refractivity contribution >= 4 is 0 Å². The summed E-state index contributed by atoms with van der Waals surface area (Å²) in [7, 11) is 0. The Balaban J connectivity index is 1.87. The van der Waals surface area contributed by atoms with E-state index < -0.39 is 0 Å². The first-order valence-electron chi connectivity index (χ1n) is 8.41. The van der Waals surface area contributed by atoms with Gasteiger partial charge in [-0.25, -0.2) is 0 Å². The summed E-state index contributed by atoms with van der Waals surface area (Å²) >= 11 is 0. The molecule has 0 heterocycles. The molecule has 124 valence electrons. The van der Waals surface area contributed by atoms with E-state index in [1.807, 2.05) is 19.1 Å². The quantitative estimate of drug-likeness (QED) is 0.662. The third-order valence-corrected chi connectivity index (χ3v) is 3.76. The highest BCUT2D eigenvalue weighted by Crippen LogP contribution is 2.18. The third kappa shape index (κ3) is 6.05. The summed E-state index contributed by atoms with van der Waals surface area (Å²) in [5.41, 5.74) is 2.56. The molecule has 1 unspecified atom stereocenters. The Morgan fingerprint density at radius 3 is 2.52 bits per heavy atom. The number of hydrogen-bond acceptors (Lipinski definition) is 3. The van der Waals surface area contributed by atoms with Gasteiger partial charge in [-0.1, -0.05) is 49.4 Å². The first kappa shape index (κ1) is 17.5. The van der Waals surface area contributed by atoms with Gasteiger partial charge >= 0.3 is 0 Å². The van der Waals surface area contributed by atoms with Crippen LogP contribution in [0.5, 0.6) is 5.75 Å². The van der Waals surface area contributed by atoms with Gasteiger partial charge < -0.3 is 14.8 Å².